The second-order valence-corrected chi connectivity index (χ2v) is 22.4. The molecule has 10 aromatic carbocycles. The molecule has 0 spiro atoms. The summed E-state index contributed by atoms with van der Waals surface area (Å²) in [5.41, 5.74) is 16.8. The molecule has 0 aliphatic heterocycles. The molecule has 0 radical (unpaired) electrons. The first-order valence-electron chi connectivity index (χ1n) is 25.2. The van der Waals surface area contributed by atoms with E-state index in [0.29, 0.717) is 22.9 Å². The van der Waals surface area contributed by atoms with Crippen LogP contribution in [0.2, 0.25) is 0 Å². The van der Waals surface area contributed by atoms with E-state index in [-0.39, 0.29) is 0 Å². The van der Waals surface area contributed by atoms with Gasteiger partial charge in [0, 0.05) is 57.6 Å². The molecule has 4 heterocycles. The van der Waals surface area contributed by atoms with E-state index in [2.05, 4.69) is 222 Å². The van der Waals surface area contributed by atoms with Crippen LogP contribution in [0, 0.1) is 3.57 Å². The van der Waals surface area contributed by atoms with E-state index in [9.17, 15) is 10.0 Å². The molecule has 10 heteroatoms. The van der Waals surface area contributed by atoms with Crippen LogP contribution in [0.3, 0.4) is 0 Å². The summed E-state index contributed by atoms with van der Waals surface area (Å²) in [5, 5.41) is 27.6. The zero-order chi connectivity index (χ0) is 52.4. The van der Waals surface area contributed by atoms with Crippen LogP contribution in [-0.4, -0.2) is 17.2 Å². The van der Waals surface area contributed by atoms with Gasteiger partial charge < -0.3 is 27.7 Å². The molecule has 4 aromatic heterocycles. The van der Waals surface area contributed by atoms with Gasteiger partial charge in [0.05, 0.1) is 3.57 Å². The van der Waals surface area contributed by atoms with Crippen molar-refractivity contribution in [2.45, 2.75) is 39.5 Å². The number of benzene rings is 10. The van der Waals surface area contributed by atoms with Crippen LogP contribution in [-0.2, 0) is 0 Å². The van der Waals surface area contributed by atoms with Crippen molar-refractivity contribution in [2.24, 2.45) is 0 Å². The number of halogens is 3. The van der Waals surface area contributed by atoms with Gasteiger partial charge in [0.15, 0.2) is 0 Å². The Bertz CT molecular complexity index is 4490. The van der Waals surface area contributed by atoms with Gasteiger partial charge in [-0.1, -0.05) is 189 Å². The standard InChI is InChI=1S/C33H23BrO2.C18H10BrIO.C15H15BO3/c1-19(2)21-11-6-14-24-30-23(13-8-16-28(30)35-32(21)24)31-26(34)18-17-25-29-22(20-9-4-3-5-10-20)12-7-15-27(29)36-33(25)31;19-14-10-9-13-16-12(11-5-2-1-3-6-11)7-4-8-15(16)21-18(13)17(14)20;1-9(2)10-5-3-6-11-14-12(16(17)18)7-4-8-13(14)19-15(10)11/h3-19H,1-2H3;1-10H;3-9,17-18H,1-2H3. The van der Waals surface area contributed by atoms with E-state index in [4.69, 9.17) is 17.7 Å². The zero-order valence-corrected chi connectivity index (χ0v) is 47.2. The molecule has 2 N–H and O–H groups in total. The van der Waals surface area contributed by atoms with Crippen LogP contribution in [0.15, 0.2) is 221 Å². The Labute approximate surface area is 469 Å². The van der Waals surface area contributed by atoms with Crippen molar-refractivity contribution in [1.29, 1.82) is 0 Å². The molecular formula is C66H48BBr2IO6. The summed E-state index contributed by atoms with van der Waals surface area (Å²) >= 11 is 9.75. The minimum absolute atomic E-state index is 0.353. The topological polar surface area (TPSA) is 93.0 Å². The first-order valence-corrected chi connectivity index (χ1v) is 27.9. The van der Waals surface area contributed by atoms with Crippen LogP contribution < -0.4 is 5.46 Å². The maximum Gasteiger partial charge on any atom is 0.489 e. The Morgan fingerprint density at radius 2 is 0.776 bits per heavy atom. The molecule has 14 aromatic rings. The fraction of sp³-hybridized carbons (Fsp3) is 0.0909. The maximum atomic E-state index is 9.49. The Hall–Kier alpha value is -6.93. The Balaban J connectivity index is 0.000000124. The van der Waals surface area contributed by atoms with E-state index >= 15 is 0 Å². The number of para-hydroxylation sites is 2. The first kappa shape index (κ1) is 49.9. The molecule has 0 aliphatic carbocycles. The smallest absolute Gasteiger partial charge is 0.456 e. The lowest BCUT2D eigenvalue weighted by molar-refractivity contribution is 0.426. The summed E-state index contributed by atoms with van der Waals surface area (Å²) in [5.74, 6) is 0.728. The molecule has 0 amide bonds. The SMILES string of the molecule is Brc1ccc2c(oc3cccc(-c4ccccc4)c32)c1I.CC(C)c1cccc2c1oc1cccc(-c3c(Br)ccc4c3oc3cccc(-c5ccccc5)c34)c12.CC(C)c1cccc2c1oc1cccc(B(O)O)c12. The molecule has 0 aliphatic rings. The fourth-order valence-corrected chi connectivity index (χ4v) is 12.2. The van der Waals surface area contributed by atoms with Gasteiger partial charge in [-0.25, -0.2) is 0 Å². The van der Waals surface area contributed by atoms with Crippen LogP contribution in [0.4, 0.5) is 0 Å². The predicted molar refractivity (Wildman–Crippen MR) is 331 cm³/mol. The zero-order valence-electron chi connectivity index (χ0n) is 41.9. The predicted octanol–water partition coefficient (Wildman–Crippen LogP) is 19.7. The molecule has 0 bridgehead atoms. The van der Waals surface area contributed by atoms with Gasteiger partial charge in [0.2, 0.25) is 0 Å². The summed E-state index contributed by atoms with van der Waals surface area (Å²) in [6.45, 7) is 8.64. The third-order valence-electron chi connectivity index (χ3n) is 14.3. The molecule has 0 atom stereocenters. The lowest BCUT2D eigenvalue weighted by atomic mass is 9.77. The number of fused-ring (bicyclic) bond motifs is 12. The van der Waals surface area contributed by atoms with Crippen molar-refractivity contribution in [3.63, 3.8) is 0 Å². The largest absolute Gasteiger partial charge is 0.489 e. The van der Waals surface area contributed by atoms with Gasteiger partial charge in [-0.15, -0.1) is 0 Å². The Kier molecular flexibility index (Phi) is 13.5. The van der Waals surface area contributed by atoms with E-state index in [1.165, 1.54) is 33.2 Å². The van der Waals surface area contributed by atoms with Crippen molar-refractivity contribution < 1.29 is 27.7 Å². The maximum absolute atomic E-state index is 9.49. The minimum atomic E-state index is -1.49. The van der Waals surface area contributed by atoms with Gasteiger partial charge in [-0.05, 0) is 143 Å². The molecule has 6 nitrogen and oxygen atoms in total. The summed E-state index contributed by atoms with van der Waals surface area (Å²) in [4.78, 5) is 0. The van der Waals surface area contributed by atoms with Crippen LogP contribution >= 0.6 is 54.5 Å². The van der Waals surface area contributed by atoms with E-state index in [1.54, 1.807) is 12.1 Å². The van der Waals surface area contributed by atoms with E-state index < -0.39 is 7.12 Å². The highest BCUT2D eigenvalue weighted by Gasteiger charge is 2.24. The average Bonchev–Trinajstić information content (AvgIpc) is 4.37. The normalized spacial score (nSPS) is 11.7. The summed E-state index contributed by atoms with van der Waals surface area (Å²) < 4.78 is 28.2. The van der Waals surface area contributed by atoms with Gasteiger partial charge >= 0.3 is 7.12 Å². The summed E-state index contributed by atoms with van der Waals surface area (Å²) in [6, 6.07) is 66.1. The minimum Gasteiger partial charge on any atom is -0.456 e. The summed E-state index contributed by atoms with van der Waals surface area (Å²) in [7, 11) is -1.49. The molecule has 0 saturated carbocycles. The van der Waals surface area contributed by atoms with Crippen LogP contribution in [0.1, 0.15) is 50.7 Å². The van der Waals surface area contributed by atoms with Gasteiger partial charge in [-0.2, -0.15) is 0 Å². The Morgan fingerprint density at radius 3 is 1.29 bits per heavy atom. The highest BCUT2D eigenvalue weighted by atomic mass is 127. The third kappa shape index (κ3) is 8.74. The molecule has 0 saturated heterocycles. The molecular weight excluding hydrogens is 1190 g/mol. The first-order chi connectivity index (χ1) is 37.0. The van der Waals surface area contributed by atoms with Crippen LogP contribution in [0.25, 0.3) is 121 Å². The average molecular weight is 1230 g/mol. The highest BCUT2D eigenvalue weighted by molar-refractivity contribution is 14.1. The summed E-state index contributed by atoms with van der Waals surface area (Å²) in [6.07, 6.45) is 0. The van der Waals surface area contributed by atoms with Gasteiger partial charge in [0.25, 0.3) is 0 Å². The molecule has 0 fully saturated rings. The van der Waals surface area contributed by atoms with Crippen molar-refractivity contribution in [3.05, 3.63) is 218 Å². The molecule has 0 unspecified atom stereocenters. The van der Waals surface area contributed by atoms with Gasteiger partial charge in [-0.3, -0.25) is 0 Å². The van der Waals surface area contributed by atoms with Gasteiger partial charge in [0.1, 0.15) is 44.7 Å². The number of hydrogen-bond donors (Lipinski definition) is 2. The van der Waals surface area contributed by atoms with Crippen molar-refractivity contribution in [3.8, 4) is 33.4 Å². The van der Waals surface area contributed by atoms with Crippen molar-refractivity contribution >= 4 is 155 Å². The quantitative estimate of drug-likeness (QED) is 0.127. The van der Waals surface area contributed by atoms with E-state index in [1.807, 2.05) is 42.5 Å². The lowest BCUT2D eigenvalue weighted by Crippen LogP contribution is -2.30. The molecule has 76 heavy (non-hydrogen) atoms. The third-order valence-corrected chi connectivity index (χ3v) is 17.4. The Morgan fingerprint density at radius 1 is 0.382 bits per heavy atom. The van der Waals surface area contributed by atoms with Crippen LogP contribution in [0.5, 0.6) is 0 Å². The molecule has 14 rings (SSSR count). The second kappa shape index (κ2) is 20.6. The fourth-order valence-electron chi connectivity index (χ4n) is 10.8. The van der Waals surface area contributed by atoms with E-state index in [0.717, 1.165) is 106 Å². The monoisotopic (exact) mass is 1230 g/mol. The number of rotatable bonds is 6. The number of hydrogen-bond acceptors (Lipinski definition) is 6. The lowest BCUT2D eigenvalue weighted by Gasteiger charge is -2.08. The van der Waals surface area contributed by atoms with Crippen molar-refractivity contribution in [1.82, 2.24) is 0 Å². The number of furan rings is 4. The van der Waals surface area contributed by atoms with Crippen molar-refractivity contribution in [2.75, 3.05) is 0 Å². The molecule has 372 valence electrons. The highest BCUT2D eigenvalue weighted by Crippen LogP contribution is 2.47. The second-order valence-electron chi connectivity index (χ2n) is 19.6.